The molecule has 6 nitrogen and oxygen atoms in total. The smallest absolute Gasteiger partial charge is 0.261 e. The Hall–Kier alpha value is -3.32. The van der Waals surface area contributed by atoms with Crippen LogP contribution in [0.5, 0.6) is 5.75 Å². The number of carbonyl (C=O) groups excluding carboxylic acids is 1. The van der Waals surface area contributed by atoms with Crippen LogP contribution in [0.15, 0.2) is 83.8 Å². The molecule has 3 aromatic carbocycles. The molecule has 0 saturated heterocycles. The predicted molar refractivity (Wildman–Crippen MR) is 118 cm³/mol. The Bertz CT molecular complexity index is 1080. The molecule has 0 atom stereocenters. The zero-order chi connectivity index (χ0) is 21.4. The largest absolute Gasteiger partial charge is 0.494 e. The molecule has 0 bridgehead atoms. The number of para-hydroxylation sites is 1. The molecule has 156 valence electrons. The maximum absolute atomic E-state index is 12.5. The van der Waals surface area contributed by atoms with Crippen LogP contribution in [0.1, 0.15) is 30.1 Å². The van der Waals surface area contributed by atoms with Crippen LogP contribution in [-0.2, 0) is 10.0 Å². The third-order valence-corrected chi connectivity index (χ3v) is 5.71. The van der Waals surface area contributed by atoms with E-state index in [9.17, 15) is 13.2 Å². The highest BCUT2D eigenvalue weighted by Crippen LogP contribution is 2.19. The molecule has 0 aliphatic heterocycles. The number of benzene rings is 3. The average molecular weight is 425 g/mol. The summed E-state index contributed by atoms with van der Waals surface area (Å²) in [6, 6.07) is 21.6. The van der Waals surface area contributed by atoms with Gasteiger partial charge in [0.2, 0.25) is 0 Å². The Morgan fingerprint density at radius 2 is 1.63 bits per heavy atom. The number of carbonyl (C=O) groups is 1. The minimum absolute atomic E-state index is 0.107. The molecule has 3 rings (SSSR count). The Labute approximate surface area is 177 Å². The number of sulfonamides is 1. The molecule has 1 amide bonds. The molecule has 2 N–H and O–H groups in total. The van der Waals surface area contributed by atoms with Crippen molar-refractivity contribution in [3.8, 4) is 5.75 Å². The molecule has 0 radical (unpaired) electrons. The first-order chi connectivity index (χ1) is 14.5. The van der Waals surface area contributed by atoms with Gasteiger partial charge >= 0.3 is 0 Å². The van der Waals surface area contributed by atoms with Gasteiger partial charge in [-0.25, -0.2) is 8.42 Å². The first kappa shape index (κ1) is 21.4. The molecule has 0 aliphatic carbocycles. The van der Waals surface area contributed by atoms with Crippen molar-refractivity contribution in [1.82, 2.24) is 0 Å². The van der Waals surface area contributed by atoms with Gasteiger partial charge in [0.15, 0.2) is 0 Å². The van der Waals surface area contributed by atoms with Gasteiger partial charge in [-0.2, -0.15) is 0 Å². The van der Waals surface area contributed by atoms with Crippen LogP contribution in [0.2, 0.25) is 0 Å². The minimum atomic E-state index is -3.71. The Balaban J connectivity index is 1.65. The molecule has 0 fully saturated rings. The van der Waals surface area contributed by atoms with Gasteiger partial charge in [0.1, 0.15) is 5.75 Å². The lowest BCUT2D eigenvalue weighted by Gasteiger charge is -2.10. The Morgan fingerprint density at radius 3 is 2.33 bits per heavy atom. The molecule has 3 aromatic rings. The number of rotatable bonds is 9. The van der Waals surface area contributed by atoms with E-state index in [1.165, 1.54) is 12.1 Å². The number of hydrogen-bond donors (Lipinski definition) is 2. The molecule has 7 heteroatoms. The van der Waals surface area contributed by atoms with Gasteiger partial charge in [0.05, 0.1) is 11.5 Å². The van der Waals surface area contributed by atoms with E-state index in [1.807, 2.05) is 12.1 Å². The van der Waals surface area contributed by atoms with Crippen LogP contribution < -0.4 is 14.8 Å². The van der Waals surface area contributed by atoms with Crippen molar-refractivity contribution >= 4 is 27.3 Å². The normalized spacial score (nSPS) is 11.0. The van der Waals surface area contributed by atoms with Crippen LogP contribution in [0.3, 0.4) is 0 Å². The Kier molecular flexibility index (Phi) is 7.08. The van der Waals surface area contributed by atoms with E-state index in [0.717, 1.165) is 12.8 Å². The average Bonchev–Trinajstić information content (AvgIpc) is 2.75. The third-order valence-electron chi connectivity index (χ3n) is 4.31. The first-order valence-corrected chi connectivity index (χ1v) is 11.2. The quantitative estimate of drug-likeness (QED) is 0.478. The van der Waals surface area contributed by atoms with Crippen molar-refractivity contribution in [3.63, 3.8) is 0 Å². The molecule has 0 saturated carbocycles. The van der Waals surface area contributed by atoms with Crippen molar-refractivity contribution in [2.24, 2.45) is 0 Å². The van der Waals surface area contributed by atoms with Crippen molar-refractivity contribution < 1.29 is 17.9 Å². The van der Waals surface area contributed by atoms with Gasteiger partial charge < -0.3 is 10.1 Å². The van der Waals surface area contributed by atoms with E-state index in [4.69, 9.17) is 4.74 Å². The molecule has 0 unspecified atom stereocenters. The topological polar surface area (TPSA) is 84.5 Å². The molecule has 30 heavy (non-hydrogen) atoms. The summed E-state index contributed by atoms with van der Waals surface area (Å²) in [5.74, 6) is 0.346. The lowest BCUT2D eigenvalue weighted by Crippen LogP contribution is -2.14. The van der Waals surface area contributed by atoms with E-state index >= 15 is 0 Å². The molecular formula is C23H24N2O4S. The van der Waals surface area contributed by atoms with Crippen LogP contribution in [0.4, 0.5) is 11.4 Å². The first-order valence-electron chi connectivity index (χ1n) is 9.70. The molecule has 0 spiro atoms. The van der Waals surface area contributed by atoms with Gasteiger partial charge in [-0.05, 0) is 61.0 Å². The SMILES string of the molecule is CCCCOc1cccc(C(=O)Nc2ccc(S(=O)(=O)Nc3ccccc3)cc2)c1. The van der Waals surface area contributed by atoms with Crippen molar-refractivity contribution in [3.05, 3.63) is 84.4 Å². The van der Waals surface area contributed by atoms with Gasteiger partial charge in [0.25, 0.3) is 15.9 Å². The Morgan fingerprint density at radius 1 is 0.900 bits per heavy atom. The van der Waals surface area contributed by atoms with E-state index in [1.54, 1.807) is 54.6 Å². The van der Waals surface area contributed by atoms with Crippen LogP contribution >= 0.6 is 0 Å². The second-order valence-electron chi connectivity index (χ2n) is 6.68. The summed E-state index contributed by atoms with van der Waals surface area (Å²) in [5, 5.41) is 2.77. The second-order valence-corrected chi connectivity index (χ2v) is 8.36. The van der Waals surface area contributed by atoms with E-state index < -0.39 is 10.0 Å². The number of anilines is 2. The fraction of sp³-hybridized carbons (Fsp3) is 0.174. The number of hydrogen-bond acceptors (Lipinski definition) is 4. The van der Waals surface area contributed by atoms with Gasteiger partial charge in [-0.3, -0.25) is 9.52 Å². The molecular weight excluding hydrogens is 400 g/mol. The van der Waals surface area contributed by atoms with Crippen LogP contribution in [0.25, 0.3) is 0 Å². The van der Waals surface area contributed by atoms with Crippen LogP contribution in [-0.4, -0.2) is 20.9 Å². The van der Waals surface area contributed by atoms with E-state index in [-0.39, 0.29) is 10.8 Å². The fourth-order valence-corrected chi connectivity index (χ4v) is 3.76. The predicted octanol–water partition coefficient (Wildman–Crippen LogP) is 4.92. The highest BCUT2D eigenvalue weighted by molar-refractivity contribution is 7.92. The molecule has 0 heterocycles. The highest BCUT2D eigenvalue weighted by atomic mass is 32.2. The summed E-state index contributed by atoms with van der Waals surface area (Å²) in [5.41, 5.74) is 1.44. The number of nitrogens with one attached hydrogen (secondary N) is 2. The number of amides is 1. The van der Waals surface area contributed by atoms with E-state index in [2.05, 4.69) is 17.0 Å². The van der Waals surface area contributed by atoms with E-state index in [0.29, 0.717) is 29.3 Å². The lowest BCUT2D eigenvalue weighted by molar-refractivity contribution is 0.102. The summed E-state index contributed by atoms with van der Waals surface area (Å²) in [6.07, 6.45) is 1.98. The maximum Gasteiger partial charge on any atom is 0.261 e. The third kappa shape index (κ3) is 5.84. The standard InChI is InChI=1S/C23H24N2O4S/c1-2-3-16-29-21-11-7-8-18(17-21)23(26)24-19-12-14-22(15-13-19)30(27,28)25-20-9-5-4-6-10-20/h4-15,17,25H,2-3,16H2,1H3,(H,24,26). The summed E-state index contributed by atoms with van der Waals surface area (Å²) in [7, 11) is -3.71. The minimum Gasteiger partial charge on any atom is -0.494 e. The van der Waals surface area contributed by atoms with Gasteiger partial charge in [0, 0.05) is 16.9 Å². The van der Waals surface area contributed by atoms with Gasteiger partial charge in [-0.1, -0.05) is 37.6 Å². The second kappa shape index (κ2) is 9.93. The summed E-state index contributed by atoms with van der Waals surface area (Å²) >= 11 is 0. The molecule has 0 aromatic heterocycles. The zero-order valence-electron chi connectivity index (χ0n) is 16.7. The van der Waals surface area contributed by atoms with Crippen LogP contribution in [0, 0.1) is 0 Å². The summed E-state index contributed by atoms with van der Waals surface area (Å²) < 4.78 is 33.1. The maximum atomic E-state index is 12.5. The zero-order valence-corrected chi connectivity index (χ0v) is 17.5. The fourth-order valence-electron chi connectivity index (χ4n) is 2.70. The summed E-state index contributed by atoms with van der Waals surface area (Å²) in [4.78, 5) is 12.6. The summed E-state index contributed by atoms with van der Waals surface area (Å²) in [6.45, 7) is 2.69. The number of unbranched alkanes of at least 4 members (excludes halogenated alkanes) is 1. The van der Waals surface area contributed by atoms with Gasteiger partial charge in [-0.15, -0.1) is 0 Å². The van der Waals surface area contributed by atoms with Crippen molar-refractivity contribution in [2.45, 2.75) is 24.7 Å². The number of ether oxygens (including phenoxy) is 1. The highest BCUT2D eigenvalue weighted by Gasteiger charge is 2.14. The lowest BCUT2D eigenvalue weighted by atomic mass is 10.2. The molecule has 0 aliphatic rings. The van der Waals surface area contributed by atoms with Crippen molar-refractivity contribution in [2.75, 3.05) is 16.6 Å². The van der Waals surface area contributed by atoms with Crippen molar-refractivity contribution in [1.29, 1.82) is 0 Å². The monoisotopic (exact) mass is 424 g/mol.